The van der Waals surface area contributed by atoms with Gasteiger partial charge >= 0.3 is 12.2 Å². The minimum absolute atomic E-state index is 0.0572. The molecule has 3 rings (SSSR count). The summed E-state index contributed by atoms with van der Waals surface area (Å²) >= 11 is 0. The molecule has 2 amide bonds. The fraction of sp³-hybridized carbons (Fsp3) is 0.423. The van der Waals surface area contributed by atoms with Crippen LogP contribution in [0.3, 0.4) is 0 Å². The van der Waals surface area contributed by atoms with Gasteiger partial charge in [0.25, 0.3) is 5.91 Å². The maximum Gasteiger partial charge on any atom is 0.432 e. The molecule has 38 heavy (non-hydrogen) atoms. The number of ether oxygens (including phenoxy) is 1. The van der Waals surface area contributed by atoms with E-state index in [4.69, 9.17) is 9.16 Å². The molecule has 1 unspecified atom stereocenters. The molecule has 11 nitrogen and oxygen atoms in total. The Hall–Kier alpha value is -3.77. The van der Waals surface area contributed by atoms with Gasteiger partial charge < -0.3 is 19.6 Å². The van der Waals surface area contributed by atoms with Gasteiger partial charge in [0.1, 0.15) is 24.0 Å². The number of rotatable bonds is 8. The second kappa shape index (κ2) is 11.3. The van der Waals surface area contributed by atoms with E-state index in [1.165, 1.54) is 30.3 Å². The quantitative estimate of drug-likeness (QED) is 0.383. The van der Waals surface area contributed by atoms with E-state index in [-0.39, 0.29) is 23.0 Å². The second-order valence-corrected chi connectivity index (χ2v) is 15.4. The average Bonchev–Trinajstić information content (AvgIpc) is 3.25. The van der Waals surface area contributed by atoms with E-state index in [9.17, 15) is 19.5 Å². The minimum Gasteiger partial charge on any atom is -0.463 e. The molecular weight excluding hydrogens is 506 g/mol. The van der Waals surface area contributed by atoms with Crippen LogP contribution >= 0.6 is 0 Å². The van der Waals surface area contributed by atoms with Gasteiger partial charge in [0, 0.05) is 7.05 Å². The summed E-state index contributed by atoms with van der Waals surface area (Å²) in [5.74, 6) is -0.337. The van der Waals surface area contributed by atoms with Crippen molar-refractivity contribution in [2.24, 2.45) is 0 Å². The normalized spacial score (nSPS) is 13.6. The maximum absolute atomic E-state index is 13.6. The summed E-state index contributed by atoms with van der Waals surface area (Å²) in [5.41, 5.74) is 1.39. The molecule has 204 valence electrons. The molecular formula is C26H35N5O6Si. The number of carbonyl (C=O) groups excluding carboxylic acids is 2. The third kappa shape index (κ3) is 6.56. The summed E-state index contributed by atoms with van der Waals surface area (Å²) in [5, 5.41) is 15.7. The van der Waals surface area contributed by atoms with Crippen LogP contribution in [-0.2, 0) is 20.6 Å². The lowest BCUT2D eigenvalue weighted by molar-refractivity contribution is -0.123. The zero-order valence-electron chi connectivity index (χ0n) is 22.8. The molecule has 0 fully saturated rings. The molecule has 2 aromatic heterocycles. The Morgan fingerprint density at radius 2 is 1.79 bits per heavy atom. The molecule has 0 aliphatic carbocycles. The third-order valence-electron chi connectivity index (χ3n) is 6.77. The smallest absolute Gasteiger partial charge is 0.432 e. The molecule has 0 bridgehead atoms. The van der Waals surface area contributed by atoms with Crippen LogP contribution < -0.4 is 5.32 Å². The molecule has 12 heteroatoms. The number of benzene rings is 1. The van der Waals surface area contributed by atoms with Crippen LogP contribution in [0.4, 0.5) is 15.4 Å². The number of anilines is 1. The van der Waals surface area contributed by atoms with Gasteiger partial charge in [-0.2, -0.15) is 9.78 Å². The highest BCUT2D eigenvalue weighted by Gasteiger charge is 2.43. The molecule has 1 aromatic carbocycles. The SMILES string of the molecule is CC(O[Si](C)(C)C(C)(C)C)[C@H](C(=O)Nc1ccc2c(cnn2C(=O)O)n1)N(C)C(=O)OCc1ccccc1. The molecule has 0 aliphatic rings. The fourth-order valence-electron chi connectivity index (χ4n) is 3.68. The first-order chi connectivity index (χ1) is 17.7. The van der Waals surface area contributed by atoms with Crippen molar-refractivity contribution in [3.8, 4) is 0 Å². The maximum atomic E-state index is 13.6. The fourth-order valence-corrected chi connectivity index (χ4v) is 5.10. The summed E-state index contributed by atoms with van der Waals surface area (Å²) in [6, 6.07) is 11.2. The van der Waals surface area contributed by atoms with Gasteiger partial charge in [-0.1, -0.05) is 51.1 Å². The number of nitrogens with zero attached hydrogens (tertiary/aromatic N) is 4. The zero-order chi connectivity index (χ0) is 28.3. The first-order valence-corrected chi connectivity index (χ1v) is 15.1. The molecule has 0 saturated heterocycles. The number of hydrogen-bond acceptors (Lipinski definition) is 7. The van der Waals surface area contributed by atoms with Gasteiger partial charge in [-0.3, -0.25) is 9.69 Å². The Morgan fingerprint density at radius 1 is 1.13 bits per heavy atom. The van der Waals surface area contributed by atoms with Crippen molar-refractivity contribution < 1.29 is 28.7 Å². The van der Waals surface area contributed by atoms with Gasteiger partial charge in [-0.15, -0.1) is 0 Å². The van der Waals surface area contributed by atoms with E-state index >= 15 is 0 Å². The Balaban J connectivity index is 1.85. The van der Waals surface area contributed by atoms with Crippen molar-refractivity contribution in [1.29, 1.82) is 0 Å². The highest BCUT2D eigenvalue weighted by Crippen LogP contribution is 2.38. The standard InChI is InChI=1S/C26H35N5O6Si/c1-17(37-38(6,7)26(2,3)4)22(30(5)25(35)36-16-18-11-9-8-10-12-18)23(32)29-21-14-13-20-19(28-21)15-27-31(20)24(33)34/h8-15,17,22H,16H2,1-7H3,(H,33,34)(H,28,29,32)/t17?,22-/m1/s1. The number of fused-ring (bicyclic) bond motifs is 1. The van der Waals surface area contributed by atoms with Crippen LogP contribution in [0.5, 0.6) is 0 Å². The number of carbonyl (C=O) groups is 3. The molecule has 0 aliphatic heterocycles. The first-order valence-electron chi connectivity index (χ1n) is 12.2. The van der Waals surface area contributed by atoms with Crippen molar-refractivity contribution in [3.05, 3.63) is 54.2 Å². The van der Waals surface area contributed by atoms with Crippen LogP contribution in [0.1, 0.15) is 33.3 Å². The van der Waals surface area contributed by atoms with E-state index in [0.29, 0.717) is 5.52 Å². The first kappa shape index (κ1) is 28.8. The second-order valence-electron chi connectivity index (χ2n) is 10.6. The topological polar surface area (TPSA) is 136 Å². The molecule has 2 N–H and O–H groups in total. The lowest BCUT2D eigenvalue weighted by Gasteiger charge is -2.41. The Bertz CT molecular complexity index is 1300. The number of nitrogens with one attached hydrogen (secondary N) is 1. The highest BCUT2D eigenvalue weighted by molar-refractivity contribution is 6.74. The Labute approximate surface area is 222 Å². The van der Waals surface area contributed by atoms with Gasteiger partial charge in [0.15, 0.2) is 8.32 Å². The van der Waals surface area contributed by atoms with Gasteiger partial charge in [0.05, 0.1) is 17.8 Å². The largest absolute Gasteiger partial charge is 0.463 e. The summed E-state index contributed by atoms with van der Waals surface area (Å²) in [6.45, 7) is 12.2. The third-order valence-corrected chi connectivity index (χ3v) is 11.3. The average molecular weight is 542 g/mol. The van der Waals surface area contributed by atoms with Crippen molar-refractivity contribution in [3.63, 3.8) is 0 Å². The summed E-state index contributed by atoms with van der Waals surface area (Å²) < 4.78 is 12.8. The molecule has 0 spiro atoms. The van der Waals surface area contributed by atoms with Crippen LogP contribution in [0.2, 0.25) is 18.1 Å². The van der Waals surface area contributed by atoms with Crippen molar-refractivity contribution in [1.82, 2.24) is 19.7 Å². The number of amides is 2. The number of aromatic nitrogens is 3. The van der Waals surface area contributed by atoms with Crippen LogP contribution in [0.15, 0.2) is 48.7 Å². The summed E-state index contributed by atoms with van der Waals surface area (Å²) in [6.07, 6.45) is -1.28. The molecule has 2 heterocycles. The molecule has 2 atom stereocenters. The van der Waals surface area contributed by atoms with Crippen LogP contribution in [0, 0.1) is 0 Å². The number of pyridine rings is 1. The molecule has 3 aromatic rings. The van der Waals surface area contributed by atoms with Crippen LogP contribution in [-0.4, -0.2) is 70.4 Å². The van der Waals surface area contributed by atoms with Gasteiger partial charge in [0.2, 0.25) is 0 Å². The number of carboxylic acid groups (broad SMARTS) is 1. The lowest BCUT2D eigenvalue weighted by atomic mass is 10.1. The van der Waals surface area contributed by atoms with E-state index < -0.39 is 38.6 Å². The van der Waals surface area contributed by atoms with Crippen molar-refractivity contribution >= 4 is 43.3 Å². The summed E-state index contributed by atoms with van der Waals surface area (Å²) in [7, 11) is -0.809. The van der Waals surface area contributed by atoms with E-state index in [1.807, 2.05) is 30.3 Å². The number of likely N-dealkylation sites (N-methyl/N-ethyl adjacent to an activating group) is 1. The Morgan fingerprint density at radius 3 is 2.39 bits per heavy atom. The number of hydrogen-bond donors (Lipinski definition) is 2. The van der Waals surface area contributed by atoms with E-state index in [0.717, 1.165) is 10.2 Å². The van der Waals surface area contributed by atoms with Crippen LogP contribution in [0.25, 0.3) is 11.0 Å². The molecule has 0 saturated carbocycles. The van der Waals surface area contributed by atoms with E-state index in [2.05, 4.69) is 49.3 Å². The lowest BCUT2D eigenvalue weighted by Crippen LogP contribution is -2.55. The van der Waals surface area contributed by atoms with Crippen molar-refractivity contribution in [2.45, 2.75) is 64.6 Å². The van der Waals surface area contributed by atoms with Crippen molar-refractivity contribution in [2.75, 3.05) is 12.4 Å². The zero-order valence-corrected chi connectivity index (χ0v) is 23.8. The predicted octanol–water partition coefficient (Wildman–Crippen LogP) is 4.94. The van der Waals surface area contributed by atoms with Gasteiger partial charge in [-0.25, -0.2) is 14.6 Å². The monoisotopic (exact) mass is 541 g/mol. The molecule has 0 radical (unpaired) electrons. The summed E-state index contributed by atoms with van der Waals surface area (Å²) in [4.78, 5) is 43.5. The van der Waals surface area contributed by atoms with E-state index in [1.54, 1.807) is 6.92 Å². The predicted molar refractivity (Wildman–Crippen MR) is 146 cm³/mol. The Kier molecular flexibility index (Phi) is 8.57. The highest BCUT2D eigenvalue weighted by atomic mass is 28.4. The minimum atomic E-state index is -2.31. The van der Waals surface area contributed by atoms with Gasteiger partial charge in [-0.05, 0) is 42.8 Å².